The van der Waals surface area contributed by atoms with Crippen molar-refractivity contribution >= 4 is 0 Å². The number of benzene rings is 1. The third-order valence-electron chi connectivity index (χ3n) is 3.75. The van der Waals surface area contributed by atoms with Gasteiger partial charge in [0.2, 0.25) is 0 Å². The average molecular weight is 247 g/mol. The summed E-state index contributed by atoms with van der Waals surface area (Å²) in [5.41, 5.74) is 1.41. The Morgan fingerprint density at radius 2 is 2.00 bits per heavy atom. The molecule has 0 spiro atoms. The highest BCUT2D eigenvalue weighted by molar-refractivity contribution is 5.27. The van der Waals surface area contributed by atoms with E-state index in [2.05, 4.69) is 36.5 Å². The van der Waals surface area contributed by atoms with Crippen LogP contribution in [0.3, 0.4) is 0 Å². The number of nitrogens with one attached hydrogen (secondary N) is 1. The second-order valence-corrected chi connectivity index (χ2v) is 5.32. The van der Waals surface area contributed by atoms with Gasteiger partial charge in [-0.3, -0.25) is 0 Å². The number of rotatable bonds is 8. The molecule has 0 amide bonds. The zero-order valence-corrected chi connectivity index (χ0v) is 11.6. The molecule has 0 heterocycles. The van der Waals surface area contributed by atoms with Gasteiger partial charge in [-0.2, -0.15) is 0 Å². The monoisotopic (exact) mass is 247 g/mol. The lowest BCUT2D eigenvalue weighted by molar-refractivity contribution is 0.414. The minimum atomic E-state index is 0.699. The lowest BCUT2D eigenvalue weighted by atomic mass is 10.0. The molecule has 100 valence electrons. The van der Waals surface area contributed by atoms with Crippen LogP contribution in [0.25, 0.3) is 0 Å². The van der Waals surface area contributed by atoms with E-state index in [0.717, 1.165) is 24.6 Å². The molecule has 1 aromatic carbocycles. The second-order valence-electron chi connectivity index (χ2n) is 5.32. The van der Waals surface area contributed by atoms with Gasteiger partial charge < -0.3 is 10.1 Å². The summed E-state index contributed by atoms with van der Waals surface area (Å²) >= 11 is 0. The van der Waals surface area contributed by atoms with E-state index < -0.39 is 0 Å². The Balaban J connectivity index is 1.79. The maximum atomic E-state index is 5.18. The molecular formula is C16H25NO. The number of hydrogen-bond donors (Lipinski definition) is 1. The molecule has 1 fully saturated rings. The topological polar surface area (TPSA) is 21.3 Å². The van der Waals surface area contributed by atoms with Crippen LogP contribution in [0, 0.1) is 5.92 Å². The van der Waals surface area contributed by atoms with Crippen LogP contribution in [0.15, 0.2) is 24.3 Å². The van der Waals surface area contributed by atoms with E-state index in [-0.39, 0.29) is 0 Å². The van der Waals surface area contributed by atoms with Gasteiger partial charge in [-0.25, -0.2) is 0 Å². The van der Waals surface area contributed by atoms with Gasteiger partial charge in [0.25, 0.3) is 0 Å². The van der Waals surface area contributed by atoms with Crippen molar-refractivity contribution in [2.45, 2.75) is 45.1 Å². The number of hydrogen-bond acceptors (Lipinski definition) is 2. The predicted molar refractivity (Wildman–Crippen MR) is 76.1 cm³/mol. The maximum Gasteiger partial charge on any atom is 0.118 e. The fourth-order valence-corrected chi connectivity index (χ4v) is 2.48. The fourth-order valence-electron chi connectivity index (χ4n) is 2.48. The summed E-state index contributed by atoms with van der Waals surface area (Å²) in [5.74, 6) is 1.95. The summed E-state index contributed by atoms with van der Waals surface area (Å²) in [4.78, 5) is 0. The van der Waals surface area contributed by atoms with Gasteiger partial charge in [-0.15, -0.1) is 0 Å². The molecule has 1 aliphatic rings. The molecule has 0 saturated heterocycles. The van der Waals surface area contributed by atoms with Crippen LogP contribution in [0.1, 0.15) is 38.2 Å². The van der Waals surface area contributed by atoms with Crippen molar-refractivity contribution < 1.29 is 4.74 Å². The molecule has 18 heavy (non-hydrogen) atoms. The van der Waals surface area contributed by atoms with Crippen molar-refractivity contribution in [1.82, 2.24) is 5.32 Å². The van der Waals surface area contributed by atoms with Crippen molar-refractivity contribution in [2.24, 2.45) is 5.92 Å². The van der Waals surface area contributed by atoms with E-state index in [1.165, 1.54) is 31.2 Å². The van der Waals surface area contributed by atoms with Gasteiger partial charge in [0.05, 0.1) is 7.11 Å². The Morgan fingerprint density at radius 1 is 1.28 bits per heavy atom. The first-order valence-corrected chi connectivity index (χ1v) is 7.18. The molecule has 1 saturated carbocycles. The lowest BCUT2D eigenvalue weighted by Crippen LogP contribution is -2.29. The normalized spacial score (nSPS) is 16.6. The van der Waals surface area contributed by atoms with Crippen molar-refractivity contribution in [3.05, 3.63) is 29.8 Å². The predicted octanol–water partition coefficient (Wildman–Crippen LogP) is 3.41. The van der Waals surface area contributed by atoms with Crippen LogP contribution < -0.4 is 10.1 Å². The Kier molecular flexibility index (Phi) is 5.06. The molecule has 2 rings (SSSR count). The summed E-state index contributed by atoms with van der Waals surface area (Å²) in [7, 11) is 1.71. The van der Waals surface area contributed by atoms with E-state index in [4.69, 9.17) is 4.74 Å². The summed E-state index contributed by atoms with van der Waals surface area (Å²) < 4.78 is 5.18. The van der Waals surface area contributed by atoms with Gasteiger partial charge in [-0.05, 0) is 49.4 Å². The summed E-state index contributed by atoms with van der Waals surface area (Å²) in [5, 5.41) is 3.62. The molecule has 1 N–H and O–H groups in total. The molecule has 1 unspecified atom stereocenters. The van der Waals surface area contributed by atoms with Crippen molar-refractivity contribution in [2.75, 3.05) is 13.7 Å². The average Bonchev–Trinajstić information content (AvgIpc) is 3.21. The van der Waals surface area contributed by atoms with E-state index in [0.29, 0.717) is 6.04 Å². The largest absolute Gasteiger partial charge is 0.497 e. The minimum Gasteiger partial charge on any atom is -0.497 e. The van der Waals surface area contributed by atoms with E-state index in [9.17, 15) is 0 Å². The molecule has 1 aliphatic carbocycles. The summed E-state index contributed by atoms with van der Waals surface area (Å²) in [6.07, 6.45) is 6.67. The highest BCUT2D eigenvalue weighted by Crippen LogP contribution is 2.34. The Hall–Kier alpha value is -1.02. The van der Waals surface area contributed by atoms with Crippen molar-refractivity contribution in [1.29, 1.82) is 0 Å². The first kappa shape index (κ1) is 13.4. The molecule has 2 heteroatoms. The Bertz CT molecular complexity index is 343. The second kappa shape index (κ2) is 6.79. The van der Waals surface area contributed by atoms with Crippen LogP contribution in [-0.2, 0) is 6.42 Å². The molecule has 0 bridgehead atoms. The van der Waals surface area contributed by atoms with Crippen molar-refractivity contribution in [3.8, 4) is 5.75 Å². The Morgan fingerprint density at radius 3 is 2.56 bits per heavy atom. The molecule has 0 radical (unpaired) electrons. The van der Waals surface area contributed by atoms with Crippen LogP contribution in [0.5, 0.6) is 5.75 Å². The molecule has 2 nitrogen and oxygen atoms in total. The van der Waals surface area contributed by atoms with E-state index in [1.54, 1.807) is 7.11 Å². The number of ether oxygens (including phenoxy) is 1. The minimum absolute atomic E-state index is 0.699. The lowest BCUT2D eigenvalue weighted by Gasteiger charge is -2.17. The maximum absolute atomic E-state index is 5.18. The third-order valence-corrected chi connectivity index (χ3v) is 3.75. The summed E-state index contributed by atoms with van der Waals surface area (Å²) in [6.45, 7) is 3.28. The van der Waals surface area contributed by atoms with Gasteiger partial charge in [0.1, 0.15) is 5.75 Å². The smallest absolute Gasteiger partial charge is 0.118 e. The van der Waals surface area contributed by atoms with Crippen LogP contribution in [0.4, 0.5) is 0 Å². The first-order valence-electron chi connectivity index (χ1n) is 7.18. The highest BCUT2D eigenvalue weighted by Gasteiger charge is 2.24. The van der Waals surface area contributed by atoms with Gasteiger partial charge in [-0.1, -0.05) is 31.9 Å². The molecule has 0 aliphatic heterocycles. The number of methoxy groups -OCH3 is 1. The SMILES string of the molecule is CCNC(CCc1ccc(OC)cc1)CC1CC1. The first-order chi connectivity index (χ1) is 8.81. The Labute approximate surface area is 111 Å². The van der Waals surface area contributed by atoms with E-state index in [1.807, 2.05) is 0 Å². The zero-order chi connectivity index (χ0) is 12.8. The van der Waals surface area contributed by atoms with Crippen LogP contribution >= 0.6 is 0 Å². The molecule has 1 aromatic rings. The van der Waals surface area contributed by atoms with Gasteiger partial charge in [0.15, 0.2) is 0 Å². The molecular weight excluding hydrogens is 222 g/mol. The molecule has 1 atom stereocenters. The summed E-state index contributed by atoms with van der Waals surface area (Å²) in [6, 6.07) is 9.17. The quantitative estimate of drug-likeness (QED) is 0.760. The fraction of sp³-hybridized carbons (Fsp3) is 0.625. The van der Waals surface area contributed by atoms with Crippen LogP contribution in [-0.4, -0.2) is 19.7 Å². The molecule has 0 aromatic heterocycles. The highest BCUT2D eigenvalue weighted by atomic mass is 16.5. The van der Waals surface area contributed by atoms with Crippen LogP contribution in [0.2, 0.25) is 0 Å². The number of aryl methyl sites for hydroxylation is 1. The zero-order valence-electron chi connectivity index (χ0n) is 11.6. The van der Waals surface area contributed by atoms with E-state index >= 15 is 0 Å². The third kappa shape index (κ3) is 4.34. The van der Waals surface area contributed by atoms with Crippen molar-refractivity contribution in [3.63, 3.8) is 0 Å². The van der Waals surface area contributed by atoms with Gasteiger partial charge >= 0.3 is 0 Å². The van der Waals surface area contributed by atoms with Gasteiger partial charge in [0, 0.05) is 6.04 Å². The standard InChI is InChI=1S/C16H25NO/c1-3-17-15(12-14-4-5-14)9-6-13-7-10-16(18-2)11-8-13/h7-8,10-11,14-15,17H,3-6,9,12H2,1-2H3.